The van der Waals surface area contributed by atoms with E-state index < -0.39 is 6.10 Å². The summed E-state index contributed by atoms with van der Waals surface area (Å²) in [5.41, 5.74) is -0.188. The average molecular weight is 219 g/mol. The molecule has 0 aromatic heterocycles. The lowest BCUT2D eigenvalue weighted by molar-refractivity contribution is -0.0553. The maximum atomic E-state index is 9.67. The Morgan fingerprint density at radius 2 is 1.93 bits per heavy atom. The summed E-state index contributed by atoms with van der Waals surface area (Å²) in [5, 5.41) is 9.67. The third-order valence-electron chi connectivity index (χ3n) is 1.91. The quantitative estimate of drug-likeness (QED) is 0.686. The van der Waals surface area contributed by atoms with Gasteiger partial charge in [-0.2, -0.15) is 0 Å². The van der Waals surface area contributed by atoms with Gasteiger partial charge < -0.3 is 19.5 Å². The Labute approximate surface area is 93.2 Å². The minimum atomic E-state index is -0.439. The second-order valence-electron chi connectivity index (χ2n) is 4.83. The lowest BCUT2D eigenvalue weighted by Gasteiger charge is -2.24. The van der Waals surface area contributed by atoms with Gasteiger partial charge in [-0.05, 0) is 27.8 Å². The van der Waals surface area contributed by atoms with Crippen molar-refractivity contribution in [1.82, 2.24) is 4.90 Å². The summed E-state index contributed by atoms with van der Waals surface area (Å²) in [5.74, 6) is 0. The Morgan fingerprint density at radius 1 is 1.33 bits per heavy atom. The van der Waals surface area contributed by atoms with Crippen LogP contribution >= 0.6 is 0 Å². The number of methoxy groups -OCH3 is 1. The van der Waals surface area contributed by atoms with Crippen LogP contribution in [0.4, 0.5) is 0 Å². The van der Waals surface area contributed by atoms with Gasteiger partial charge in [0.25, 0.3) is 0 Å². The van der Waals surface area contributed by atoms with Gasteiger partial charge in [-0.15, -0.1) is 0 Å². The van der Waals surface area contributed by atoms with Gasteiger partial charge in [0.05, 0.1) is 24.9 Å². The Balaban J connectivity index is 3.59. The van der Waals surface area contributed by atoms with Gasteiger partial charge in [0.1, 0.15) is 0 Å². The molecule has 0 radical (unpaired) electrons. The number of hydrogen-bond donors (Lipinski definition) is 1. The molecule has 4 heteroatoms. The summed E-state index contributed by atoms with van der Waals surface area (Å²) in [7, 11) is 3.63. The predicted molar refractivity (Wildman–Crippen MR) is 61.1 cm³/mol. The van der Waals surface area contributed by atoms with Crippen molar-refractivity contribution in [2.45, 2.75) is 32.5 Å². The minimum Gasteiger partial charge on any atom is -0.389 e. The van der Waals surface area contributed by atoms with Crippen molar-refractivity contribution in [3.05, 3.63) is 0 Å². The molecule has 0 spiro atoms. The topological polar surface area (TPSA) is 41.9 Å². The van der Waals surface area contributed by atoms with Gasteiger partial charge in [-0.25, -0.2) is 0 Å². The smallest absolute Gasteiger partial charge is 0.0900 e. The zero-order valence-corrected chi connectivity index (χ0v) is 10.6. The lowest BCUT2D eigenvalue weighted by atomic mass is 10.2. The fourth-order valence-corrected chi connectivity index (χ4v) is 1.10. The Kier molecular flexibility index (Phi) is 7.09. The van der Waals surface area contributed by atoms with E-state index in [0.29, 0.717) is 19.8 Å². The largest absolute Gasteiger partial charge is 0.389 e. The molecule has 0 aliphatic rings. The van der Waals surface area contributed by atoms with Gasteiger partial charge in [-0.1, -0.05) is 0 Å². The Morgan fingerprint density at radius 3 is 2.40 bits per heavy atom. The molecule has 0 aromatic rings. The normalized spacial score (nSPS) is 14.6. The standard InChI is InChI=1S/C11H25NO3/c1-11(2,3)15-9-10(13)8-12(4)6-7-14-5/h10,13H,6-9H2,1-5H3. The summed E-state index contributed by atoms with van der Waals surface area (Å²) in [6.07, 6.45) is -0.439. The van der Waals surface area contributed by atoms with E-state index in [1.165, 1.54) is 0 Å². The molecule has 0 aromatic carbocycles. The highest BCUT2D eigenvalue weighted by Gasteiger charge is 2.14. The molecule has 0 aliphatic heterocycles. The monoisotopic (exact) mass is 219 g/mol. The molecule has 0 fully saturated rings. The average Bonchev–Trinajstić information content (AvgIpc) is 2.10. The number of rotatable bonds is 7. The molecule has 0 aliphatic carbocycles. The van der Waals surface area contributed by atoms with Crippen molar-refractivity contribution in [3.8, 4) is 0 Å². The van der Waals surface area contributed by atoms with Crippen LogP contribution in [-0.2, 0) is 9.47 Å². The van der Waals surface area contributed by atoms with Crippen molar-refractivity contribution in [2.24, 2.45) is 0 Å². The Bertz CT molecular complexity index is 156. The van der Waals surface area contributed by atoms with Gasteiger partial charge in [0.15, 0.2) is 0 Å². The maximum absolute atomic E-state index is 9.67. The molecular formula is C11H25NO3. The summed E-state index contributed by atoms with van der Waals surface area (Å²) < 4.78 is 10.4. The van der Waals surface area contributed by atoms with Crippen LogP contribution in [0.3, 0.4) is 0 Å². The molecular weight excluding hydrogens is 194 g/mol. The molecule has 0 saturated carbocycles. The fraction of sp³-hybridized carbons (Fsp3) is 1.00. The Hall–Kier alpha value is -0.160. The zero-order chi connectivity index (χ0) is 11.9. The van der Waals surface area contributed by atoms with Crippen molar-refractivity contribution < 1.29 is 14.6 Å². The number of aliphatic hydroxyl groups is 1. The molecule has 0 saturated heterocycles. The van der Waals surface area contributed by atoms with Crippen LogP contribution in [0.25, 0.3) is 0 Å². The van der Waals surface area contributed by atoms with Crippen molar-refractivity contribution in [1.29, 1.82) is 0 Å². The van der Waals surface area contributed by atoms with E-state index in [2.05, 4.69) is 0 Å². The highest BCUT2D eigenvalue weighted by atomic mass is 16.5. The van der Waals surface area contributed by atoms with E-state index in [9.17, 15) is 5.11 Å². The third kappa shape index (κ3) is 10.1. The number of nitrogens with zero attached hydrogens (tertiary/aromatic N) is 1. The molecule has 92 valence electrons. The van der Waals surface area contributed by atoms with E-state index in [4.69, 9.17) is 9.47 Å². The van der Waals surface area contributed by atoms with E-state index >= 15 is 0 Å². The molecule has 1 atom stereocenters. The van der Waals surface area contributed by atoms with Crippen molar-refractivity contribution >= 4 is 0 Å². The summed E-state index contributed by atoms with van der Waals surface area (Å²) >= 11 is 0. The second kappa shape index (κ2) is 7.17. The van der Waals surface area contributed by atoms with E-state index in [1.54, 1.807) is 7.11 Å². The van der Waals surface area contributed by atoms with Crippen LogP contribution in [-0.4, -0.2) is 62.2 Å². The number of hydrogen-bond acceptors (Lipinski definition) is 4. The molecule has 0 bridgehead atoms. The van der Waals surface area contributed by atoms with Crippen LogP contribution in [0.2, 0.25) is 0 Å². The van der Waals surface area contributed by atoms with Gasteiger partial charge in [0, 0.05) is 20.2 Å². The molecule has 1 unspecified atom stereocenters. The van der Waals surface area contributed by atoms with Crippen molar-refractivity contribution in [2.75, 3.05) is 40.5 Å². The van der Waals surface area contributed by atoms with Crippen LogP contribution < -0.4 is 0 Å². The van der Waals surface area contributed by atoms with Gasteiger partial charge in [0.2, 0.25) is 0 Å². The lowest BCUT2D eigenvalue weighted by Crippen LogP contribution is -2.36. The van der Waals surface area contributed by atoms with Crippen LogP contribution in [0, 0.1) is 0 Å². The molecule has 4 nitrogen and oxygen atoms in total. The maximum Gasteiger partial charge on any atom is 0.0900 e. The fourth-order valence-electron chi connectivity index (χ4n) is 1.10. The minimum absolute atomic E-state index is 0.188. The van der Waals surface area contributed by atoms with Crippen LogP contribution in [0.1, 0.15) is 20.8 Å². The van der Waals surface area contributed by atoms with Gasteiger partial charge >= 0.3 is 0 Å². The summed E-state index contributed by atoms with van der Waals surface area (Å²) in [6, 6.07) is 0. The molecule has 0 heterocycles. The number of aliphatic hydroxyl groups excluding tert-OH is 1. The molecule has 15 heavy (non-hydrogen) atoms. The van der Waals surface area contributed by atoms with E-state index in [-0.39, 0.29) is 5.60 Å². The highest BCUT2D eigenvalue weighted by molar-refractivity contribution is 4.64. The summed E-state index contributed by atoms with van der Waals surface area (Å²) in [6.45, 7) is 8.43. The van der Waals surface area contributed by atoms with Crippen LogP contribution in [0.15, 0.2) is 0 Å². The number of ether oxygens (including phenoxy) is 2. The van der Waals surface area contributed by atoms with Crippen molar-refractivity contribution in [3.63, 3.8) is 0 Å². The van der Waals surface area contributed by atoms with E-state index in [1.807, 2.05) is 32.7 Å². The number of likely N-dealkylation sites (N-methyl/N-ethyl adjacent to an activating group) is 1. The van der Waals surface area contributed by atoms with E-state index in [0.717, 1.165) is 6.54 Å². The molecule has 1 N–H and O–H groups in total. The van der Waals surface area contributed by atoms with Crippen LogP contribution in [0.5, 0.6) is 0 Å². The van der Waals surface area contributed by atoms with Gasteiger partial charge in [-0.3, -0.25) is 0 Å². The first-order chi connectivity index (χ1) is 6.85. The summed E-state index contributed by atoms with van der Waals surface area (Å²) in [4.78, 5) is 2.03. The predicted octanol–water partition coefficient (Wildman–Crippen LogP) is 0.741. The molecule has 0 amide bonds. The zero-order valence-electron chi connectivity index (χ0n) is 10.6. The third-order valence-corrected chi connectivity index (χ3v) is 1.91. The highest BCUT2D eigenvalue weighted by Crippen LogP contribution is 2.07. The first kappa shape index (κ1) is 14.8. The SMILES string of the molecule is COCCN(C)CC(O)COC(C)(C)C. The molecule has 0 rings (SSSR count). The second-order valence-corrected chi connectivity index (χ2v) is 4.83. The first-order valence-electron chi connectivity index (χ1n) is 5.34. The first-order valence-corrected chi connectivity index (χ1v) is 5.34.